The number of aromatic nitrogens is 1. The first kappa shape index (κ1) is 21.4. The number of pyridine rings is 1. The van der Waals surface area contributed by atoms with E-state index in [-0.39, 0.29) is 18.0 Å². The summed E-state index contributed by atoms with van der Waals surface area (Å²) in [6.45, 7) is 1.91. The molecule has 1 fully saturated rings. The predicted octanol–water partition coefficient (Wildman–Crippen LogP) is 6.68. The standard InChI is InChI=1S/C27H21ClFNO3/c1-2-33-27(32)17-11-12-19(22(29)14-17)20-15-24(30-13-4-3-8-23(20)30)26(31)25-18(16-9-10-16)6-5-7-21(25)28/h3-8,11-16H,2,9-10H2,1H3. The van der Waals surface area contributed by atoms with E-state index in [1.807, 2.05) is 30.3 Å². The number of esters is 1. The van der Waals surface area contributed by atoms with Gasteiger partial charge in [-0.2, -0.15) is 0 Å². The zero-order valence-electron chi connectivity index (χ0n) is 18.0. The minimum Gasteiger partial charge on any atom is -0.462 e. The number of ether oxygens (including phenoxy) is 1. The first-order valence-electron chi connectivity index (χ1n) is 10.9. The van der Waals surface area contributed by atoms with Crippen LogP contribution in [0.2, 0.25) is 5.02 Å². The lowest BCUT2D eigenvalue weighted by molar-refractivity contribution is 0.0525. The zero-order valence-corrected chi connectivity index (χ0v) is 18.7. The second kappa shape index (κ2) is 8.49. The van der Waals surface area contributed by atoms with E-state index in [4.69, 9.17) is 16.3 Å². The van der Waals surface area contributed by atoms with Crippen LogP contribution in [0.3, 0.4) is 0 Å². The summed E-state index contributed by atoms with van der Waals surface area (Å²) in [5, 5.41) is 0.418. The van der Waals surface area contributed by atoms with E-state index < -0.39 is 11.8 Å². The molecule has 6 heteroatoms. The third-order valence-electron chi connectivity index (χ3n) is 5.97. The van der Waals surface area contributed by atoms with Crippen molar-refractivity contribution in [3.8, 4) is 11.1 Å². The number of ketones is 1. The van der Waals surface area contributed by atoms with Gasteiger partial charge in [-0.1, -0.05) is 35.9 Å². The van der Waals surface area contributed by atoms with Crippen molar-refractivity contribution in [1.29, 1.82) is 0 Å². The summed E-state index contributed by atoms with van der Waals surface area (Å²) in [5.41, 5.74) is 3.56. The quantitative estimate of drug-likeness (QED) is 0.237. The summed E-state index contributed by atoms with van der Waals surface area (Å²) in [6.07, 6.45) is 3.86. The average molecular weight is 462 g/mol. The van der Waals surface area contributed by atoms with Gasteiger partial charge in [0.05, 0.1) is 28.4 Å². The number of nitrogens with zero attached hydrogens (tertiary/aromatic N) is 1. The van der Waals surface area contributed by atoms with Crippen molar-refractivity contribution < 1.29 is 18.7 Å². The lowest BCUT2D eigenvalue weighted by Gasteiger charge is -2.10. The lowest BCUT2D eigenvalue weighted by atomic mass is 9.97. The van der Waals surface area contributed by atoms with E-state index in [0.29, 0.717) is 38.8 Å². The number of carbonyl (C=O) groups excluding carboxylic acids is 2. The van der Waals surface area contributed by atoms with Gasteiger partial charge in [0, 0.05) is 22.9 Å². The van der Waals surface area contributed by atoms with Crippen LogP contribution in [0.15, 0.2) is 66.9 Å². The number of rotatable bonds is 6. The van der Waals surface area contributed by atoms with E-state index in [9.17, 15) is 9.59 Å². The highest BCUT2D eigenvalue weighted by Crippen LogP contribution is 2.44. The highest BCUT2D eigenvalue weighted by Gasteiger charge is 2.31. The molecule has 0 unspecified atom stereocenters. The van der Waals surface area contributed by atoms with Crippen molar-refractivity contribution in [3.63, 3.8) is 0 Å². The van der Waals surface area contributed by atoms with Crippen molar-refractivity contribution in [2.45, 2.75) is 25.7 Å². The second-order valence-electron chi connectivity index (χ2n) is 8.12. The first-order valence-corrected chi connectivity index (χ1v) is 11.3. The van der Waals surface area contributed by atoms with Crippen LogP contribution >= 0.6 is 11.6 Å². The van der Waals surface area contributed by atoms with Gasteiger partial charge in [0.1, 0.15) is 5.82 Å². The molecule has 0 radical (unpaired) electrons. The van der Waals surface area contributed by atoms with Gasteiger partial charge in [-0.15, -0.1) is 0 Å². The van der Waals surface area contributed by atoms with E-state index in [1.165, 1.54) is 12.1 Å². The molecule has 166 valence electrons. The van der Waals surface area contributed by atoms with E-state index in [1.54, 1.807) is 35.7 Å². The number of halogens is 2. The Morgan fingerprint density at radius 2 is 1.88 bits per heavy atom. The van der Waals surface area contributed by atoms with Crippen molar-refractivity contribution in [3.05, 3.63) is 100 Å². The summed E-state index contributed by atoms with van der Waals surface area (Å²) in [7, 11) is 0. The van der Waals surface area contributed by atoms with Gasteiger partial charge in [-0.25, -0.2) is 9.18 Å². The Morgan fingerprint density at radius 1 is 1.06 bits per heavy atom. The SMILES string of the molecule is CCOC(=O)c1ccc(-c2cc(C(=O)c3c(Cl)cccc3C3CC3)n3ccccc23)c(F)c1. The van der Waals surface area contributed by atoms with Gasteiger partial charge in [0.2, 0.25) is 5.78 Å². The average Bonchev–Trinajstić information content (AvgIpc) is 3.59. The Morgan fingerprint density at radius 3 is 2.61 bits per heavy atom. The molecule has 0 atom stereocenters. The van der Waals surface area contributed by atoms with Crippen molar-refractivity contribution in [2.24, 2.45) is 0 Å². The molecule has 1 aliphatic carbocycles. The van der Waals surface area contributed by atoms with Gasteiger partial charge in [-0.05, 0) is 67.6 Å². The topological polar surface area (TPSA) is 47.8 Å². The van der Waals surface area contributed by atoms with E-state index in [2.05, 4.69) is 0 Å². The molecule has 0 spiro atoms. The molecule has 0 amide bonds. The van der Waals surface area contributed by atoms with Crippen molar-refractivity contribution >= 4 is 28.9 Å². The van der Waals surface area contributed by atoms with Crippen LogP contribution < -0.4 is 0 Å². The van der Waals surface area contributed by atoms with Crippen LogP contribution in [0.4, 0.5) is 4.39 Å². The molecule has 0 bridgehead atoms. The Bertz CT molecular complexity index is 1400. The van der Waals surface area contributed by atoms with Gasteiger partial charge in [-0.3, -0.25) is 4.79 Å². The van der Waals surface area contributed by atoms with Crippen LogP contribution in [0.25, 0.3) is 16.6 Å². The minimum absolute atomic E-state index is 0.142. The van der Waals surface area contributed by atoms with Gasteiger partial charge >= 0.3 is 5.97 Å². The van der Waals surface area contributed by atoms with E-state index >= 15 is 4.39 Å². The molecular weight excluding hydrogens is 441 g/mol. The van der Waals surface area contributed by atoms with Crippen LogP contribution in [0, 0.1) is 5.82 Å². The molecular formula is C27H21ClFNO3. The van der Waals surface area contributed by atoms with Crippen LogP contribution in [0.1, 0.15) is 57.7 Å². The molecule has 0 N–H and O–H groups in total. The summed E-state index contributed by atoms with van der Waals surface area (Å²) < 4.78 is 21.8. The molecule has 1 saturated carbocycles. The molecule has 2 heterocycles. The first-order chi connectivity index (χ1) is 16.0. The summed E-state index contributed by atoms with van der Waals surface area (Å²) in [6, 6.07) is 17.0. The van der Waals surface area contributed by atoms with Crippen LogP contribution in [0.5, 0.6) is 0 Å². The summed E-state index contributed by atoms with van der Waals surface area (Å²) >= 11 is 6.49. The smallest absolute Gasteiger partial charge is 0.338 e. The number of benzene rings is 2. The number of hydrogen-bond donors (Lipinski definition) is 0. The maximum Gasteiger partial charge on any atom is 0.338 e. The number of hydrogen-bond acceptors (Lipinski definition) is 3. The predicted molar refractivity (Wildman–Crippen MR) is 126 cm³/mol. The van der Waals surface area contributed by atoms with Gasteiger partial charge in [0.25, 0.3) is 0 Å². The van der Waals surface area contributed by atoms with Crippen molar-refractivity contribution in [2.75, 3.05) is 6.61 Å². The Balaban J connectivity index is 1.64. The van der Waals surface area contributed by atoms with Crippen molar-refractivity contribution in [1.82, 2.24) is 4.40 Å². The minimum atomic E-state index is -0.577. The summed E-state index contributed by atoms with van der Waals surface area (Å²) in [4.78, 5) is 25.7. The normalized spacial score (nSPS) is 13.3. The number of carbonyl (C=O) groups is 2. The largest absolute Gasteiger partial charge is 0.462 e. The molecule has 4 nitrogen and oxygen atoms in total. The number of fused-ring (bicyclic) bond motifs is 1. The molecule has 0 aliphatic heterocycles. The Kier molecular flexibility index (Phi) is 5.51. The fourth-order valence-corrected chi connectivity index (χ4v) is 4.53. The molecule has 4 aromatic rings. The monoisotopic (exact) mass is 461 g/mol. The van der Waals surface area contributed by atoms with Gasteiger partial charge in [0.15, 0.2) is 0 Å². The molecule has 5 rings (SSSR count). The third-order valence-corrected chi connectivity index (χ3v) is 6.28. The van der Waals surface area contributed by atoms with E-state index in [0.717, 1.165) is 18.4 Å². The maximum absolute atomic E-state index is 15.1. The Hall–Kier alpha value is -3.44. The van der Waals surface area contributed by atoms with Crippen LogP contribution in [-0.2, 0) is 4.74 Å². The molecule has 33 heavy (non-hydrogen) atoms. The third kappa shape index (κ3) is 3.83. The van der Waals surface area contributed by atoms with Crippen LogP contribution in [-0.4, -0.2) is 22.8 Å². The fourth-order valence-electron chi connectivity index (χ4n) is 4.26. The lowest BCUT2D eigenvalue weighted by Crippen LogP contribution is -2.08. The zero-order chi connectivity index (χ0) is 23.1. The highest BCUT2D eigenvalue weighted by atomic mass is 35.5. The molecule has 0 saturated heterocycles. The second-order valence-corrected chi connectivity index (χ2v) is 8.53. The Labute approximate surface area is 195 Å². The fraction of sp³-hybridized carbons (Fsp3) is 0.185. The molecule has 2 aromatic carbocycles. The highest BCUT2D eigenvalue weighted by molar-refractivity contribution is 6.35. The molecule has 1 aliphatic rings. The molecule has 2 aromatic heterocycles. The maximum atomic E-state index is 15.1. The summed E-state index contributed by atoms with van der Waals surface area (Å²) in [5.74, 6) is -0.987. The van der Waals surface area contributed by atoms with Gasteiger partial charge < -0.3 is 9.14 Å².